The minimum Gasteiger partial charge on any atom is -0.355 e. The van der Waals surface area contributed by atoms with Crippen LogP contribution in [0.25, 0.3) is 21.1 Å². The Morgan fingerprint density at radius 1 is 1.00 bits per heavy atom. The number of benzene rings is 2. The van der Waals surface area contributed by atoms with Crippen molar-refractivity contribution in [2.75, 3.05) is 24.3 Å². The minimum absolute atomic E-state index is 0.588. The number of rotatable bonds is 2. The number of nitrogens with zero attached hydrogens (tertiary/aromatic N) is 2. The molecule has 134 valence electrons. The lowest BCUT2D eigenvalue weighted by Crippen LogP contribution is -2.26. The molecule has 5 nitrogen and oxygen atoms in total. The topological polar surface area (TPSA) is 56.3 Å². The third kappa shape index (κ3) is 2.46. The molecule has 1 spiro atoms. The summed E-state index contributed by atoms with van der Waals surface area (Å²) < 4.78 is 13.1. The molecule has 7 heteroatoms. The Hall–Kier alpha value is -2.19. The van der Waals surface area contributed by atoms with Gasteiger partial charge in [-0.15, -0.1) is 23.1 Å². The van der Waals surface area contributed by atoms with Crippen molar-refractivity contribution in [1.29, 1.82) is 0 Å². The summed E-state index contributed by atoms with van der Waals surface area (Å²) >= 11 is 3.43. The first kappa shape index (κ1) is 15.8. The van der Waals surface area contributed by atoms with Crippen LogP contribution in [0.5, 0.6) is 0 Å². The van der Waals surface area contributed by atoms with E-state index < -0.39 is 5.79 Å². The van der Waals surface area contributed by atoms with E-state index in [0.717, 1.165) is 39.1 Å². The van der Waals surface area contributed by atoms with E-state index >= 15 is 0 Å². The molecule has 2 aromatic heterocycles. The van der Waals surface area contributed by atoms with E-state index in [9.17, 15) is 0 Å². The number of anilines is 2. The number of nitrogens with one attached hydrogen (secondary N) is 1. The van der Waals surface area contributed by atoms with Crippen molar-refractivity contribution in [2.24, 2.45) is 0 Å². The summed E-state index contributed by atoms with van der Waals surface area (Å²) in [6, 6.07) is 12.6. The highest BCUT2D eigenvalue weighted by Gasteiger charge is 2.45. The molecule has 6 rings (SSSR count). The highest BCUT2D eigenvalue weighted by molar-refractivity contribution is 7.99. The van der Waals surface area contributed by atoms with Gasteiger partial charge in [0.1, 0.15) is 0 Å². The molecule has 1 N–H and O–H groups in total. The Labute approximate surface area is 163 Å². The summed E-state index contributed by atoms with van der Waals surface area (Å²) in [7, 11) is 0. The average Bonchev–Trinajstić information content (AvgIpc) is 3.42. The maximum Gasteiger partial charge on any atom is 0.205 e. The highest BCUT2D eigenvalue weighted by atomic mass is 32.2. The summed E-state index contributed by atoms with van der Waals surface area (Å²) in [4.78, 5) is 10.2. The number of thiazole rings is 1. The summed E-state index contributed by atoms with van der Waals surface area (Å²) in [5, 5.41) is 4.63. The zero-order chi connectivity index (χ0) is 17.8. The fraction of sp³-hybridized carbons (Fsp3) is 0.200. The Bertz CT molecular complexity index is 1180. The van der Waals surface area contributed by atoms with Crippen LogP contribution in [-0.4, -0.2) is 28.9 Å². The highest BCUT2D eigenvalue weighted by Crippen LogP contribution is 2.49. The van der Waals surface area contributed by atoms with Crippen LogP contribution < -0.4 is 5.32 Å². The van der Waals surface area contributed by atoms with Gasteiger partial charge < -0.3 is 14.8 Å². The zero-order valence-electron chi connectivity index (χ0n) is 14.3. The summed E-state index contributed by atoms with van der Waals surface area (Å²) in [6.07, 6.45) is 1.84. The van der Waals surface area contributed by atoms with E-state index in [4.69, 9.17) is 9.47 Å². The molecule has 0 amide bonds. The van der Waals surface area contributed by atoms with Crippen LogP contribution in [0.3, 0.4) is 0 Å². The second-order valence-corrected chi connectivity index (χ2v) is 8.53. The van der Waals surface area contributed by atoms with Gasteiger partial charge in [0.15, 0.2) is 0 Å². The largest absolute Gasteiger partial charge is 0.355 e. The predicted octanol–water partition coefficient (Wildman–Crippen LogP) is 4.89. The van der Waals surface area contributed by atoms with E-state index in [0.29, 0.717) is 13.2 Å². The second kappa shape index (κ2) is 5.90. The van der Waals surface area contributed by atoms with Crippen molar-refractivity contribution in [2.45, 2.75) is 10.7 Å². The molecule has 27 heavy (non-hydrogen) atoms. The Balaban J connectivity index is 1.44. The first-order valence-electron chi connectivity index (χ1n) is 8.75. The smallest absolute Gasteiger partial charge is 0.205 e. The number of fused-ring (bicyclic) bond motifs is 4. The van der Waals surface area contributed by atoms with Crippen molar-refractivity contribution in [3.05, 3.63) is 53.7 Å². The molecule has 1 saturated heterocycles. The predicted molar refractivity (Wildman–Crippen MR) is 109 cm³/mol. The van der Waals surface area contributed by atoms with Gasteiger partial charge in [0.25, 0.3) is 0 Å². The molecule has 0 atom stereocenters. The molecule has 4 aromatic rings. The summed E-state index contributed by atoms with van der Waals surface area (Å²) in [6.45, 7) is 1.29. The molecule has 0 radical (unpaired) electrons. The fourth-order valence-corrected chi connectivity index (χ4v) is 5.63. The van der Waals surface area contributed by atoms with Gasteiger partial charge >= 0.3 is 0 Å². The fourth-order valence-electron chi connectivity index (χ4n) is 3.73. The maximum atomic E-state index is 5.94. The van der Waals surface area contributed by atoms with Crippen LogP contribution in [0.1, 0.15) is 5.56 Å². The van der Waals surface area contributed by atoms with Crippen molar-refractivity contribution in [3.63, 3.8) is 0 Å². The Kier molecular flexibility index (Phi) is 3.46. The molecular weight excluding hydrogens is 378 g/mol. The van der Waals surface area contributed by atoms with Crippen molar-refractivity contribution in [1.82, 2.24) is 9.97 Å². The molecule has 0 saturated carbocycles. The van der Waals surface area contributed by atoms with Gasteiger partial charge in [0.05, 0.1) is 40.2 Å². The van der Waals surface area contributed by atoms with Gasteiger partial charge in [-0.3, -0.25) is 4.98 Å². The number of aromatic nitrogens is 2. The molecule has 1 fully saturated rings. The molecule has 2 aliphatic rings. The van der Waals surface area contributed by atoms with Crippen LogP contribution in [0.2, 0.25) is 0 Å². The molecule has 2 aliphatic heterocycles. The van der Waals surface area contributed by atoms with Crippen molar-refractivity contribution < 1.29 is 9.47 Å². The standard InChI is InChI=1S/C20H15N3O2S2/c1-2-18-17(22-11-27-18)7-12(1)23-15-3-4-21-16-9-14-19(8-13(15)16)26-10-20(14)24-5-6-25-20/h1-4,7-9,11H,5-6,10H2,(H,21,23). The monoisotopic (exact) mass is 393 g/mol. The molecule has 0 bridgehead atoms. The third-order valence-electron chi connectivity index (χ3n) is 5.03. The first-order chi connectivity index (χ1) is 13.3. The zero-order valence-corrected chi connectivity index (χ0v) is 15.9. The summed E-state index contributed by atoms with van der Waals surface area (Å²) in [5.41, 5.74) is 6.98. The lowest BCUT2D eigenvalue weighted by Gasteiger charge is -2.22. The summed E-state index contributed by atoms with van der Waals surface area (Å²) in [5.74, 6) is 0.205. The van der Waals surface area contributed by atoms with Crippen molar-refractivity contribution >= 4 is 55.6 Å². The SMILES string of the molecule is c1cc(Nc2ccc3scnc3c2)c2cc3c(cc2n1)C1(CS3)OCCO1. The van der Waals surface area contributed by atoms with E-state index in [1.165, 1.54) is 9.60 Å². The lowest BCUT2D eigenvalue weighted by atomic mass is 10.0. The number of thioether (sulfide) groups is 1. The molecule has 0 aliphatic carbocycles. The van der Waals surface area contributed by atoms with Crippen LogP contribution >= 0.6 is 23.1 Å². The van der Waals surface area contributed by atoms with Crippen LogP contribution in [-0.2, 0) is 15.3 Å². The van der Waals surface area contributed by atoms with Gasteiger partial charge in [-0.05, 0) is 36.4 Å². The minimum atomic E-state index is -0.588. The van der Waals surface area contributed by atoms with Gasteiger partial charge in [-0.2, -0.15) is 0 Å². The van der Waals surface area contributed by atoms with Gasteiger partial charge in [-0.25, -0.2) is 4.98 Å². The average molecular weight is 393 g/mol. The number of hydrogen-bond acceptors (Lipinski definition) is 7. The number of ether oxygens (including phenoxy) is 2. The molecule has 4 heterocycles. The van der Waals surface area contributed by atoms with Crippen LogP contribution in [0.4, 0.5) is 11.4 Å². The number of hydrogen-bond donors (Lipinski definition) is 1. The van der Waals surface area contributed by atoms with E-state index in [2.05, 4.69) is 45.6 Å². The normalized spacial score (nSPS) is 17.8. The van der Waals surface area contributed by atoms with Gasteiger partial charge in [0.2, 0.25) is 5.79 Å². The first-order valence-corrected chi connectivity index (χ1v) is 10.6. The quantitative estimate of drug-likeness (QED) is 0.523. The van der Waals surface area contributed by atoms with Gasteiger partial charge in [-0.1, -0.05) is 0 Å². The Morgan fingerprint density at radius 3 is 2.85 bits per heavy atom. The van der Waals surface area contributed by atoms with Gasteiger partial charge in [0, 0.05) is 33.4 Å². The molecular formula is C20H15N3O2S2. The number of pyridine rings is 1. The molecule has 2 aromatic carbocycles. The Morgan fingerprint density at radius 2 is 1.93 bits per heavy atom. The lowest BCUT2D eigenvalue weighted by molar-refractivity contribution is -0.144. The van der Waals surface area contributed by atoms with Crippen LogP contribution in [0.15, 0.2) is 53.0 Å². The van der Waals surface area contributed by atoms with E-state index in [-0.39, 0.29) is 0 Å². The van der Waals surface area contributed by atoms with Crippen molar-refractivity contribution in [3.8, 4) is 0 Å². The third-order valence-corrected chi connectivity index (χ3v) is 7.02. The maximum absolute atomic E-state index is 5.94. The second-order valence-electron chi connectivity index (χ2n) is 6.62. The van der Waals surface area contributed by atoms with E-state index in [1.807, 2.05) is 17.8 Å². The molecule has 0 unspecified atom stereocenters. The van der Waals surface area contributed by atoms with Crippen LogP contribution in [0, 0.1) is 0 Å². The van der Waals surface area contributed by atoms with E-state index in [1.54, 1.807) is 23.1 Å².